The van der Waals surface area contributed by atoms with Gasteiger partial charge >= 0.3 is 0 Å². The number of para-hydroxylation sites is 1. The Labute approximate surface area is 126 Å². The minimum atomic E-state index is 0.185. The van der Waals surface area contributed by atoms with Gasteiger partial charge in [0, 0.05) is 42.5 Å². The zero-order valence-corrected chi connectivity index (χ0v) is 13.0. The van der Waals surface area contributed by atoms with Crippen molar-refractivity contribution in [2.24, 2.45) is 7.05 Å². The first-order valence-corrected chi connectivity index (χ1v) is 8.05. The molecule has 3 nitrogen and oxygen atoms in total. The first kappa shape index (κ1) is 14.2. The van der Waals surface area contributed by atoms with E-state index in [9.17, 15) is 4.79 Å². The number of nitrogens with one attached hydrogen (secondary N) is 1. The summed E-state index contributed by atoms with van der Waals surface area (Å²) < 4.78 is 2.34. The number of aryl methyl sites for hydroxylation is 1. The van der Waals surface area contributed by atoms with Crippen LogP contribution in [-0.2, 0) is 18.3 Å². The van der Waals surface area contributed by atoms with Crippen LogP contribution < -0.4 is 5.32 Å². The Morgan fingerprint density at radius 1 is 1.38 bits per heavy atom. The van der Waals surface area contributed by atoms with Gasteiger partial charge in [-0.05, 0) is 37.3 Å². The van der Waals surface area contributed by atoms with Gasteiger partial charge in [-0.3, -0.25) is 4.79 Å². The van der Waals surface area contributed by atoms with Crippen LogP contribution in [0.1, 0.15) is 49.8 Å². The first-order chi connectivity index (χ1) is 10.2. The van der Waals surface area contributed by atoms with E-state index in [0.29, 0.717) is 12.3 Å². The molecule has 2 aromatic rings. The van der Waals surface area contributed by atoms with Gasteiger partial charge in [-0.25, -0.2) is 0 Å². The van der Waals surface area contributed by atoms with Crippen LogP contribution in [0.5, 0.6) is 0 Å². The summed E-state index contributed by atoms with van der Waals surface area (Å²) in [5.74, 6) is 0.644. The van der Waals surface area contributed by atoms with Crippen molar-refractivity contribution in [2.75, 3.05) is 6.54 Å². The van der Waals surface area contributed by atoms with Gasteiger partial charge in [0.1, 0.15) is 0 Å². The highest BCUT2D eigenvalue weighted by molar-refractivity contribution is 5.86. The fourth-order valence-electron chi connectivity index (χ4n) is 3.65. The second-order valence-corrected chi connectivity index (χ2v) is 6.08. The SMILES string of the molecule is CCCC(=O)NCC1CCCc2c1c1ccccc1n2C. The molecule has 0 aliphatic heterocycles. The largest absolute Gasteiger partial charge is 0.355 e. The lowest BCUT2D eigenvalue weighted by molar-refractivity contribution is -0.121. The lowest BCUT2D eigenvalue weighted by Crippen LogP contribution is -2.29. The third-order valence-electron chi connectivity index (χ3n) is 4.67. The number of nitrogens with zero attached hydrogens (tertiary/aromatic N) is 1. The van der Waals surface area contributed by atoms with E-state index >= 15 is 0 Å². The van der Waals surface area contributed by atoms with E-state index in [1.807, 2.05) is 6.92 Å². The first-order valence-electron chi connectivity index (χ1n) is 8.05. The number of rotatable bonds is 4. The van der Waals surface area contributed by atoms with E-state index in [1.54, 1.807) is 0 Å². The van der Waals surface area contributed by atoms with Crippen molar-refractivity contribution >= 4 is 16.8 Å². The van der Waals surface area contributed by atoms with Crippen LogP contribution in [0.25, 0.3) is 10.9 Å². The fourth-order valence-corrected chi connectivity index (χ4v) is 3.65. The summed E-state index contributed by atoms with van der Waals surface area (Å²) in [4.78, 5) is 11.8. The maximum atomic E-state index is 11.8. The molecular formula is C18H24N2O. The van der Waals surface area contributed by atoms with Crippen molar-refractivity contribution in [1.82, 2.24) is 9.88 Å². The molecule has 21 heavy (non-hydrogen) atoms. The van der Waals surface area contributed by atoms with Gasteiger partial charge in [-0.2, -0.15) is 0 Å². The van der Waals surface area contributed by atoms with Crippen molar-refractivity contribution in [2.45, 2.75) is 44.9 Å². The maximum Gasteiger partial charge on any atom is 0.220 e. The highest BCUT2D eigenvalue weighted by Crippen LogP contribution is 2.38. The van der Waals surface area contributed by atoms with E-state index in [-0.39, 0.29) is 5.91 Å². The van der Waals surface area contributed by atoms with E-state index in [4.69, 9.17) is 0 Å². The minimum Gasteiger partial charge on any atom is -0.355 e. The molecular weight excluding hydrogens is 260 g/mol. The molecule has 1 aromatic carbocycles. The molecule has 0 spiro atoms. The second kappa shape index (κ2) is 5.92. The van der Waals surface area contributed by atoms with Crippen molar-refractivity contribution in [3.8, 4) is 0 Å². The van der Waals surface area contributed by atoms with Gasteiger partial charge in [0.05, 0.1) is 0 Å². The topological polar surface area (TPSA) is 34.0 Å². The number of carbonyl (C=O) groups is 1. The van der Waals surface area contributed by atoms with Gasteiger partial charge in [-0.1, -0.05) is 25.1 Å². The molecule has 1 aliphatic carbocycles. The molecule has 0 saturated heterocycles. The lowest BCUT2D eigenvalue weighted by atomic mass is 9.85. The Hall–Kier alpha value is -1.77. The molecule has 0 fully saturated rings. The van der Waals surface area contributed by atoms with Crippen molar-refractivity contribution in [1.29, 1.82) is 0 Å². The molecule has 1 amide bonds. The predicted molar refractivity (Wildman–Crippen MR) is 86.5 cm³/mol. The molecule has 1 aliphatic rings. The Kier molecular flexibility index (Phi) is 4.00. The summed E-state index contributed by atoms with van der Waals surface area (Å²) in [5, 5.41) is 4.49. The Bertz CT molecular complexity index is 657. The lowest BCUT2D eigenvalue weighted by Gasteiger charge is -2.24. The number of amides is 1. The quantitative estimate of drug-likeness (QED) is 0.916. The molecule has 1 unspecified atom stereocenters. The van der Waals surface area contributed by atoms with Gasteiger partial charge in [0.15, 0.2) is 0 Å². The molecule has 3 rings (SSSR count). The standard InChI is InChI=1S/C18H24N2O/c1-3-7-17(21)19-12-13-8-6-11-16-18(13)14-9-4-5-10-15(14)20(16)2/h4-5,9-10,13H,3,6-8,11-12H2,1-2H3,(H,19,21). The van der Waals surface area contributed by atoms with E-state index in [2.05, 4.69) is 41.2 Å². The molecule has 112 valence electrons. The average Bonchev–Trinajstić information content (AvgIpc) is 2.80. The van der Waals surface area contributed by atoms with Crippen LogP contribution in [0.15, 0.2) is 24.3 Å². The van der Waals surface area contributed by atoms with Crippen molar-refractivity contribution < 1.29 is 4.79 Å². The summed E-state index contributed by atoms with van der Waals surface area (Å²) in [7, 11) is 2.17. The minimum absolute atomic E-state index is 0.185. The van der Waals surface area contributed by atoms with Crippen LogP contribution >= 0.6 is 0 Å². The Morgan fingerprint density at radius 2 is 2.19 bits per heavy atom. The van der Waals surface area contributed by atoms with Gasteiger partial charge in [-0.15, -0.1) is 0 Å². The van der Waals surface area contributed by atoms with Crippen LogP contribution in [0.3, 0.4) is 0 Å². The summed E-state index contributed by atoms with van der Waals surface area (Å²) >= 11 is 0. The predicted octanol–water partition coefficient (Wildman–Crippen LogP) is 3.51. The number of hydrogen-bond donors (Lipinski definition) is 1. The summed E-state index contributed by atoms with van der Waals surface area (Å²) in [5.41, 5.74) is 4.24. The van der Waals surface area contributed by atoms with Crippen molar-refractivity contribution in [3.63, 3.8) is 0 Å². The van der Waals surface area contributed by atoms with Crippen LogP contribution in [0.2, 0.25) is 0 Å². The van der Waals surface area contributed by atoms with Crippen LogP contribution in [-0.4, -0.2) is 17.0 Å². The second-order valence-electron chi connectivity index (χ2n) is 6.08. The normalized spacial score (nSPS) is 17.7. The molecule has 1 aromatic heterocycles. The maximum absolute atomic E-state index is 11.8. The molecule has 0 bridgehead atoms. The highest BCUT2D eigenvalue weighted by Gasteiger charge is 2.26. The number of aromatic nitrogens is 1. The third kappa shape index (κ3) is 2.57. The highest BCUT2D eigenvalue weighted by atomic mass is 16.1. The van der Waals surface area contributed by atoms with Crippen LogP contribution in [0, 0.1) is 0 Å². The number of benzene rings is 1. The van der Waals surface area contributed by atoms with E-state index in [0.717, 1.165) is 19.4 Å². The molecule has 3 heteroatoms. The van der Waals surface area contributed by atoms with Crippen LogP contribution in [0.4, 0.5) is 0 Å². The number of fused-ring (bicyclic) bond motifs is 3. The Balaban J connectivity index is 1.90. The smallest absolute Gasteiger partial charge is 0.220 e. The average molecular weight is 284 g/mol. The number of carbonyl (C=O) groups excluding carboxylic acids is 1. The summed E-state index contributed by atoms with van der Waals surface area (Å²) in [6.07, 6.45) is 5.09. The summed E-state index contributed by atoms with van der Waals surface area (Å²) in [6.45, 7) is 2.82. The fraction of sp³-hybridized carbons (Fsp3) is 0.500. The molecule has 0 radical (unpaired) electrons. The van der Waals surface area contributed by atoms with Crippen molar-refractivity contribution in [3.05, 3.63) is 35.5 Å². The van der Waals surface area contributed by atoms with E-state index < -0.39 is 0 Å². The molecule has 1 N–H and O–H groups in total. The molecule has 1 heterocycles. The monoisotopic (exact) mass is 284 g/mol. The molecule has 0 saturated carbocycles. The summed E-state index contributed by atoms with van der Waals surface area (Å²) in [6, 6.07) is 8.64. The van der Waals surface area contributed by atoms with Gasteiger partial charge in [0.2, 0.25) is 5.91 Å². The third-order valence-corrected chi connectivity index (χ3v) is 4.67. The zero-order chi connectivity index (χ0) is 14.8. The molecule has 1 atom stereocenters. The van der Waals surface area contributed by atoms with E-state index in [1.165, 1.54) is 35.0 Å². The Morgan fingerprint density at radius 3 is 3.00 bits per heavy atom. The number of hydrogen-bond acceptors (Lipinski definition) is 1. The zero-order valence-electron chi connectivity index (χ0n) is 13.0. The van der Waals surface area contributed by atoms with Gasteiger partial charge in [0.25, 0.3) is 0 Å². The van der Waals surface area contributed by atoms with Gasteiger partial charge < -0.3 is 9.88 Å².